The SMILES string of the molecule is CCCCCCCCCCCCCCC(OC(C)C)C(=O)OC(C)C. The first-order valence-corrected chi connectivity index (χ1v) is 10.8. The second-order valence-electron chi connectivity index (χ2n) is 7.84. The van der Waals surface area contributed by atoms with Gasteiger partial charge in [0.25, 0.3) is 0 Å². The zero-order valence-electron chi connectivity index (χ0n) is 17.6. The molecule has 0 aromatic heterocycles. The van der Waals surface area contributed by atoms with Gasteiger partial charge in [-0.1, -0.05) is 84.0 Å². The van der Waals surface area contributed by atoms with Crippen LogP contribution in [0.25, 0.3) is 0 Å². The van der Waals surface area contributed by atoms with Crippen LogP contribution in [0.5, 0.6) is 0 Å². The third-order valence-corrected chi connectivity index (χ3v) is 4.37. The van der Waals surface area contributed by atoms with Crippen LogP contribution in [0.1, 0.15) is 118 Å². The molecule has 0 aliphatic carbocycles. The standard InChI is InChI=1S/C22H44O3/c1-6-7-8-9-10-11-12-13-14-15-16-17-18-21(24-19(2)3)22(23)25-20(4)5/h19-21H,6-18H2,1-5H3. The third-order valence-electron chi connectivity index (χ3n) is 4.37. The minimum absolute atomic E-state index is 0.0574. The molecule has 1 atom stereocenters. The molecule has 150 valence electrons. The zero-order valence-corrected chi connectivity index (χ0v) is 17.6. The molecule has 0 aromatic carbocycles. The van der Waals surface area contributed by atoms with E-state index < -0.39 is 6.10 Å². The molecule has 3 nitrogen and oxygen atoms in total. The second-order valence-corrected chi connectivity index (χ2v) is 7.84. The van der Waals surface area contributed by atoms with Gasteiger partial charge in [0.05, 0.1) is 12.2 Å². The molecule has 0 rings (SSSR count). The number of unbranched alkanes of at least 4 members (excludes halogenated alkanes) is 11. The van der Waals surface area contributed by atoms with E-state index in [9.17, 15) is 4.79 Å². The van der Waals surface area contributed by atoms with Crippen LogP contribution in [0, 0.1) is 0 Å². The number of ether oxygens (including phenoxy) is 2. The lowest BCUT2D eigenvalue weighted by Gasteiger charge is -2.20. The highest BCUT2D eigenvalue weighted by molar-refractivity contribution is 5.74. The Morgan fingerprint density at radius 1 is 0.680 bits per heavy atom. The molecule has 0 saturated heterocycles. The monoisotopic (exact) mass is 356 g/mol. The molecule has 25 heavy (non-hydrogen) atoms. The van der Waals surface area contributed by atoms with Crippen molar-refractivity contribution >= 4 is 5.97 Å². The lowest BCUT2D eigenvalue weighted by molar-refractivity contribution is -0.164. The number of esters is 1. The highest BCUT2D eigenvalue weighted by Gasteiger charge is 2.22. The maximum atomic E-state index is 12.1. The minimum Gasteiger partial charge on any atom is -0.461 e. The summed E-state index contributed by atoms with van der Waals surface area (Å²) >= 11 is 0. The van der Waals surface area contributed by atoms with Crippen molar-refractivity contribution in [1.29, 1.82) is 0 Å². The van der Waals surface area contributed by atoms with Crippen LogP contribution in [0.3, 0.4) is 0 Å². The molecular formula is C22H44O3. The van der Waals surface area contributed by atoms with Crippen molar-refractivity contribution in [1.82, 2.24) is 0 Å². The quantitative estimate of drug-likeness (QED) is 0.212. The van der Waals surface area contributed by atoms with Crippen molar-refractivity contribution in [3.63, 3.8) is 0 Å². The van der Waals surface area contributed by atoms with Gasteiger partial charge in [-0.3, -0.25) is 0 Å². The Hall–Kier alpha value is -0.570. The Balaban J connectivity index is 3.63. The fourth-order valence-electron chi connectivity index (χ4n) is 3.05. The van der Waals surface area contributed by atoms with Gasteiger partial charge in [-0.25, -0.2) is 4.79 Å². The highest BCUT2D eigenvalue weighted by Crippen LogP contribution is 2.15. The number of carbonyl (C=O) groups is 1. The first-order chi connectivity index (χ1) is 12.0. The lowest BCUT2D eigenvalue weighted by Crippen LogP contribution is -2.31. The van der Waals surface area contributed by atoms with Crippen molar-refractivity contribution in [2.75, 3.05) is 0 Å². The Morgan fingerprint density at radius 2 is 1.12 bits per heavy atom. The molecule has 0 amide bonds. The van der Waals surface area contributed by atoms with Gasteiger partial charge in [0.1, 0.15) is 0 Å². The average molecular weight is 357 g/mol. The number of carbonyl (C=O) groups excluding carboxylic acids is 1. The van der Waals surface area contributed by atoms with Crippen molar-refractivity contribution in [2.45, 2.75) is 136 Å². The fourth-order valence-corrected chi connectivity index (χ4v) is 3.05. The van der Waals surface area contributed by atoms with Crippen molar-refractivity contribution in [2.24, 2.45) is 0 Å². The van der Waals surface area contributed by atoms with Gasteiger partial charge in [-0.2, -0.15) is 0 Å². The van der Waals surface area contributed by atoms with E-state index in [0.717, 1.165) is 12.8 Å². The number of hydrogen-bond acceptors (Lipinski definition) is 3. The van der Waals surface area contributed by atoms with Crippen LogP contribution in [0.4, 0.5) is 0 Å². The van der Waals surface area contributed by atoms with E-state index in [1.165, 1.54) is 70.6 Å². The largest absolute Gasteiger partial charge is 0.461 e. The summed E-state index contributed by atoms with van der Waals surface area (Å²) in [6.07, 6.45) is 16.3. The van der Waals surface area contributed by atoms with E-state index in [0.29, 0.717) is 0 Å². The third kappa shape index (κ3) is 16.6. The molecule has 0 aliphatic heterocycles. The van der Waals surface area contributed by atoms with Gasteiger partial charge in [0.2, 0.25) is 0 Å². The van der Waals surface area contributed by atoms with Crippen LogP contribution in [-0.2, 0) is 14.3 Å². The second kappa shape index (κ2) is 16.9. The van der Waals surface area contributed by atoms with E-state index in [1.807, 2.05) is 27.7 Å². The molecule has 0 aromatic rings. The Morgan fingerprint density at radius 3 is 1.52 bits per heavy atom. The zero-order chi connectivity index (χ0) is 18.9. The highest BCUT2D eigenvalue weighted by atomic mass is 16.6. The van der Waals surface area contributed by atoms with Crippen LogP contribution in [0.15, 0.2) is 0 Å². The van der Waals surface area contributed by atoms with Crippen molar-refractivity contribution in [3.05, 3.63) is 0 Å². The Labute approximate surface area is 157 Å². The number of hydrogen-bond donors (Lipinski definition) is 0. The first kappa shape index (κ1) is 24.4. The molecule has 1 unspecified atom stereocenters. The van der Waals surface area contributed by atoms with Crippen molar-refractivity contribution < 1.29 is 14.3 Å². The first-order valence-electron chi connectivity index (χ1n) is 10.8. The fraction of sp³-hybridized carbons (Fsp3) is 0.955. The molecule has 0 radical (unpaired) electrons. The summed E-state index contributed by atoms with van der Waals surface area (Å²) in [5.74, 6) is -0.202. The maximum absolute atomic E-state index is 12.1. The van der Waals surface area contributed by atoms with Crippen LogP contribution >= 0.6 is 0 Å². The smallest absolute Gasteiger partial charge is 0.335 e. The number of rotatable bonds is 17. The predicted molar refractivity (Wildman–Crippen MR) is 107 cm³/mol. The molecule has 0 N–H and O–H groups in total. The summed E-state index contributed by atoms with van der Waals surface area (Å²) in [4.78, 5) is 12.1. The van der Waals surface area contributed by atoms with Gasteiger partial charge in [-0.05, 0) is 34.1 Å². The van der Waals surface area contributed by atoms with E-state index in [4.69, 9.17) is 9.47 Å². The molecule has 0 heterocycles. The van der Waals surface area contributed by atoms with Crippen LogP contribution in [-0.4, -0.2) is 24.3 Å². The topological polar surface area (TPSA) is 35.5 Å². The van der Waals surface area contributed by atoms with E-state index >= 15 is 0 Å². The van der Waals surface area contributed by atoms with Crippen molar-refractivity contribution in [3.8, 4) is 0 Å². The van der Waals surface area contributed by atoms with Crippen LogP contribution in [0.2, 0.25) is 0 Å². The van der Waals surface area contributed by atoms with E-state index in [-0.39, 0.29) is 18.2 Å². The van der Waals surface area contributed by atoms with Gasteiger partial charge < -0.3 is 9.47 Å². The Bertz CT molecular complexity index is 300. The summed E-state index contributed by atoms with van der Waals surface area (Å²) in [5, 5.41) is 0. The average Bonchev–Trinajstić information content (AvgIpc) is 2.53. The maximum Gasteiger partial charge on any atom is 0.335 e. The molecular weight excluding hydrogens is 312 g/mol. The molecule has 0 bridgehead atoms. The summed E-state index contributed by atoms with van der Waals surface area (Å²) < 4.78 is 11.0. The lowest BCUT2D eigenvalue weighted by atomic mass is 10.0. The van der Waals surface area contributed by atoms with E-state index in [1.54, 1.807) is 0 Å². The molecule has 0 aliphatic rings. The molecule has 3 heteroatoms. The summed E-state index contributed by atoms with van der Waals surface area (Å²) in [6, 6.07) is 0. The molecule has 0 spiro atoms. The predicted octanol–water partition coefficient (Wildman–Crippen LogP) is 6.82. The molecule has 0 fully saturated rings. The summed E-state index contributed by atoms with van der Waals surface area (Å²) in [5.41, 5.74) is 0. The van der Waals surface area contributed by atoms with Gasteiger partial charge in [0.15, 0.2) is 6.10 Å². The Kier molecular flexibility index (Phi) is 16.5. The van der Waals surface area contributed by atoms with E-state index in [2.05, 4.69) is 6.92 Å². The summed E-state index contributed by atoms with van der Waals surface area (Å²) in [7, 11) is 0. The van der Waals surface area contributed by atoms with Crippen LogP contribution < -0.4 is 0 Å². The minimum atomic E-state index is -0.398. The van der Waals surface area contributed by atoms with Gasteiger partial charge >= 0.3 is 5.97 Å². The molecule has 0 saturated carbocycles. The van der Waals surface area contributed by atoms with Gasteiger partial charge in [-0.15, -0.1) is 0 Å². The normalized spacial score (nSPS) is 12.8. The van der Waals surface area contributed by atoms with Gasteiger partial charge in [0, 0.05) is 0 Å². The summed E-state index contributed by atoms with van der Waals surface area (Å²) in [6.45, 7) is 9.97.